The van der Waals surface area contributed by atoms with Crippen molar-refractivity contribution in [2.24, 2.45) is 0 Å². The van der Waals surface area contributed by atoms with Crippen LogP contribution in [0.3, 0.4) is 0 Å². The van der Waals surface area contributed by atoms with Gasteiger partial charge in [0.2, 0.25) is 0 Å². The van der Waals surface area contributed by atoms with Crippen LogP contribution < -0.4 is 20.1 Å². The van der Waals surface area contributed by atoms with E-state index in [-0.39, 0.29) is 0 Å². The molecule has 0 aliphatic carbocycles. The number of likely N-dealkylation sites (N-methyl/N-ethyl adjacent to an activating group) is 1. The molecule has 3 rings (SSSR count). The summed E-state index contributed by atoms with van der Waals surface area (Å²) in [5.74, 6) is 1.52. The molecule has 0 amide bonds. The van der Waals surface area contributed by atoms with Crippen LogP contribution in [-0.4, -0.2) is 26.8 Å². The molecule has 1 aromatic carbocycles. The van der Waals surface area contributed by atoms with Crippen LogP contribution >= 0.6 is 11.3 Å². The second-order valence-electron chi connectivity index (χ2n) is 4.81. The van der Waals surface area contributed by atoms with Gasteiger partial charge in [0.25, 0.3) is 0 Å². The first-order chi connectivity index (χ1) is 9.74. The molecule has 2 aromatic rings. The van der Waals surface area contributed by atoms with Crippen molar-refractivity contribution in [3.05, 3.63) is 34.5 Å². The summed E-state index contributed by atoms with van der Waals surface area (Å²) in [6.45, 7) is 2.10. The number of nitrogens with zero attached hydrogens (tertiary/aromatic N) is 1. The lowest BCUT2D eigenvalue weighted by Gasteiger charge is -2.25. The van der Waals surface area contributed by atoms with Gasteiger partial charge in [-0.15, -0.1) is 11.3 Å². The monoisotopic (exact) mass is 290 g/mol. The van der Waals surface area contributed by atoms with Gasteiger partial charge in [-0.05, 0) is 17.9 Å². The van der Waals surface area contributed by atoms with Gasteiger partial charge in [-0.3, -0.25) is 0 Å². The first kappa shape index (κ1) is 13.1. The van der Waals surface area contributed by atoms with Gasteiger partial charge in [0.15, 0.2) is 11.5 Å². The van der Waals surface area contributed by atoms with E-state index in [1.807, 2.05) is 12.1 Å². The number of ether oxygens (including phenoxy) is 2. The average Bonchev–Trinajstić information content (AvgIpc) is 2.97. The molecule has 1 aliphatic rings. The molecule has 106 valence electrons. The summed E-state index contributed by atoms with van der Waals surface area (Å²) >= 11 is 1.78. The molecule has 4 nitrogen and oxygen atoms in total. The van der Waals surface area contributed by atoms with E-state index in [0.717, 1.165) is 35.8 Å². The van der Waals surface area contributed by atoms with Gasteiger partial charge in [-0.1, -0.05) is 6.07 Å². The van der Waals surface area contributed by atoms with Gasteiger partial charge in [0.05, 0.1) is 11.4 Å². The van der Waals surface area contributed by atoms with Crippen molar-refractivity contribution in [2.75, 3.05) is 37.4 Å². The SMILES string of the molecule is CN(CCc1cccs1)c1cc2c(cc1N)OCCO2. The van der Waals surface area contributed by atoms with Gasteiger partial charge in [-0.2, -0.15) is 0 Å². The molecule has 20 heavy (non-hydrogen) atoms. The molecule has 2 N–H and O–H groups in total. The number of anilines is 2. The number of hydrogen-bond donors (Lipinski definition) is 1. The Morgan fingerprint density at radius 3 is 2.70 bits per heavy atom. The third-order valence-electron chi connectivity index (χ3n) is 3.38. The van der Waals surface area contributed by atoms with Crippen molar-refractivity contribution in [1.82, 2.24) is 0 Å². The maximum Gasteiger partial charge on any atom is 0.163 e. The van der Waals surface area contributed by atoms with Crippen molar-refractivity contribution in [3.8, 4) is 11.5 Å². The number of thiophene rings is 1. The van der Waals surface area contributed by atoms with Crippen LogP contribution in [0.5, 0.6) is 11.5 Å². The zero-order valence-corrected chi connectivity index (χ0v) is 12.3. The third kappa shape index (κ3) is 2.67. The van der Waals surface area contributed by atoms with E-state index in [1.165, 1.54) is 4.88 Å². The maximum absolute atomic E-state index is 6.12. The van der Waals surface area contributed by atoms with E-state index in [4.69, 9.17) is 15.2 Å². The fourth-order valence-corrected chi connectivity index (χ4v) is 2.98. The van der Waals surface area contributed by atoms with Gasteiger partial charge in [0.1, 0.15) is 13.2 Å². The molecule has 0 saturated carbocycles. The van der Waals surface area contributed by atoms with Crippen LogP contribution in [0.15, 0.2) is 29.6 Å². The predicted molar refractivity (Wildman–Crippen MR) is 83.1 cm³/mol. The van der Waals surface area contributed by atoms with Crippen molar-refractivity contribution in [1.29, 1.82) is 0 Å². The highest BCUT2D eigenvalue weighted by Crippen LogP contribution is 2.38. The molecule has 2 heterocycles. The maximum atomic E-state index is 6.12. The van der Waals surface area contributed by atoms with E-state index in [9.17, 15) is 0 Å². The molecule has 0 atom stereocenters. The molecule has 0 spiro atoms. The quantitative estimate of drug-likeness (QED) is 0.880. The predicted octanol–water partition coefficient (Wildman–Crippen LogP) is 2.78. The lowest BCUT2D eigenvalue weighted by molar-refractivity contribution is 0.172. The summed E-state index contributed by atoms with van der Waals surface area (Å²) in [6.07, 6.45) is 1.02. The van der Waals surface area contributed by atoms with Gasteiger partial charge in [0, 0.05) is 30.6 Å². The van der Waals surface area contributed by atoms with E-state index >= 15 is 0 Å². The Bertz CT molecular complexity index is 584. The molecular formula is C15H18N2O2S. The van der Waals surface area contributed by atoms with E-state index in [0.29, 0.717) is 13.2 Å². The Balaban J connectivity index is 1.75. The van der Waals surface area contributed by atoms with Crippen LogP contribution in [-0.2, 0) is 6.42 Å². The second-order valence-corrected chi connectivity index (χ2v) is 5.84. The Kier molecular flexibility index (Phi) is 3.69. The van der Waals surface area contributed by atoms with E-state index in [2.05, 4.69) is 29.5 Å². The minimum Gasteiger partial charge on any atom is -0.486 e. The van der Waals surface area contributed by atoms with Crippen LogP contribution in [0.2, 0.25) is 0 Å². The number of nitrogens with two attached hydrogens (primary N) is 1. The van der Waals surface area contributed by atoms with Crippen LogP contribution in [0, 0.1) is 0 Å². The number of nitrogen functional groups attached to an aromatic ring is 1. The third-order valence-corrected chi connectivity index (χ3v) is 4.31. The fourth-order valence-electron chi connectivity index (χ4n) is 2.28. The smallest absolute Gasteiger partial charge is 0.163 e. The molecule has 0 unspecified atom stereocenters. The largest absolute Gasteiger partial charge is 0.486 e. The molecule has 1 aromatic heterocycles. The fraction of sp³-hybridized carbons (Fsp3) is 0.333. The summed E-state index contributed by atoms with van der Waals surface area (Å²) in [4.78, 5) is 3.54. The number of fused-ring (bicyclic) bond motifs is 1. The number of benzene rings is 1. The molecular weight excluding hydrogens is 272 g/mol. The summed E-state index contributed by atoms with van der Waals surface area (Å²) in [5.41, 5.74) is 7.84. The van der Waals surface area contributed by atoms with Crippen molar-refractivity contribution >= 4 is 22.7 Å². The highest BCUT2D eigenvalue weighted by atomic mass is 32.1. The van der Waals surface area contributed by atoms with Crippen molar-refractivity contribution in [3.63, 3.8) is 0 Å². The minimum absolute atomic E-state index is 0.583. The van der Waals surface area contributed by atoms with Crippen LogP contribution in [0.1, 0.15) is 4.88 Å². The molecule has 1 aliphatic heterocycles. The summed E-state index contributed by atoms with van der Waals surface area (Å²) in [5, 5.41) is 2.10. The summed E-state index contributed by atoms with van der Waals surface area (Å²) < 4.78 is 11.2. The summed E-state index contributed by atoms with van der Waals surface area (Å²) in [6, 6.07) is 8.06. The molecule has 5 heteroatoms. The topological polar surface area (TPSA) is 47.7 Å². The highest BCUT2D eigenvalue weighted by molar-refractivity contribution is 7.09. The zero-order chi connectivity index (χ0) is 13.9. The lowest BCUT2D eigenvalue weighted by atomic mass is 10.2. The molecule has 0 radical (unpaired) electrons. The van der Waals surface area contributed by atoms with Gasteiger partial charge in [-0.25, -0.2) is 0 Å². The summed E-state index contributed by atoms with van der Waals surface area (Å²) in [7, 11) is 2.05. The van der Waals surface area contributed by atoms with Crippen LogP contribution in [0.25, 0.3) is 0 Å². The Labute approximate surface area is 122 Å². The standard InChI is InChI=1S/C15H18N2O2S/c1-17(5-4-11-3-2-8-20-11)13-10-15-14(9-12(13)16)18-6-7-19-15/h2-3,8-10H,4-7,16H2,1H3. The molecule has 0 fully saturated rings. The first-order valence-electron chi connectivity index (χ1n) is 6.66. The molecule has 0 bridgehead atoms. The second kappa shape index (κ2) is 5.63. The Hall–Kier alpha value is -1.88. The van der Waals surface area contributed by atoms with Crippen LogP contribution in [0.4, 0.5) is 11.4 Å². The zero-order valence-electron chi connectivity index (χ0n) is 11.5. The number of rotatable bonds is 4. The van der Waals surface area contributed by atoms with Gasteiger partial charge >= 0.3 is 0 Å². The van der Waals surface area contributed by atoms with E-state index < -0.39 is 0 Å². The minimum atomic E-state index is 0.583. The normalized spacial score (nSPS) is 13.2. The average molecular weight is 290 g/mol. The molecule has 0 saturated heterocycles. The first-order valence-corrected chi connectivity index (χ1v) is 7.54. The Morgan fingerprint density at radius 1 is 1.25 bits per heavy atom. The van der Waals surface area contributed by atoms with Crippen molar-refractivity contribution in [2.45, 2.75) is 6.42 Å². The van der Waals surface area contributed by atoms with Gasteiger partial charge < -0.3 is 20.1 Å². The number of hydrogen-bond acceptors (Lipinski definition) is 5. The lowest BCUT2D eigenvalue weighted by Crippen LogP contribution is -2.22. The van der Waals surface area contributed by atoms with E-state index in [1.54, 1.807) is 11.3 Å². The highest BCUT2D eigenvalue weighted by Gasteiger charge is 2.16. The Morgan fingerprint density at radius 2 is 2.00 bits per heavy atom. The van der Waals surface area contributed by atoms with Crippen molar-refractivity contribution < 1.29 is 9.47 Å².